The number of nitrogens with one attached hydrogen (secondary N) is 1. The van der Waals surface area contributed by atoms with Crippen LogP contribution in [0, 0.1) is 17.2 Å². The molecule has 1 saturated carbocycles. The Hall–Kier alpha value is -3.15. The maximum atomic E-state index is 12.9. The third-order valence-electron chi connectivity index (χ3n) is 6.11. The number of benzene rings is 2. The van der Waals surface area contributed by atoms with E-state index in [1.165, 1.54) is 6.21 Å². The van der Waals surface area contributed by atoms with Gasteiger partial charge < -0.3 is 20.9 Å². The quantitative estimate of drug-likeness (QED) is 0.572. The summed E-state index contributed by atoms with van der Waals surface area (Å²) >= 11 is 0. The number of carbonyl (C=O) groups excluding carboxylic acids is 2. The molecule has 1 unspecified atom stereocenters. The second-order valence-electron chi connectivity index (χ2n) is 8.46. The number of amides is 2. The van der Waals surface area contributed by atoms with E-state index in [0.29, 0.717) is 35.2 Å². The van der Waals surface area contributed by atoms with Crippen LogP contribution in [0.15, 0.2) is 42.5 Å². The van der Waals surface area contributed by atoms with Crippen molar-refractivity contribution in [3.8, 4) is 11.1 Å². The lowest BCUT2D eigenvalue weighted by Gasteiger charge is -2.22. The number of carbonyl (C=O) groups is 2. The van der Waals surface area contributed by atoms with E-state index in [9.17, 15) is 9.59 Å². The minimum absolute atomic E-state index is 0.00723. The van der Waals surface area contributed by atoms with Crippen molar-refractivity contribution in [2.75, 3.05) is 32.4 Å². The monoisotopic (exact) mass is 404 g/mol. The molecule has 0 spiro atoms. The van der Waals surface area contributed by atoms with E-state index in [1.54, 1.807) is 4.90 Å². The lowest BCUT2D eigenvalue weighted by molar-refractivity contribution is -0.131. The molecule has 156 valence electrons. The molecule has 1 saturated heterocycles. The summed E-state index contributed by atoms with van der Waals surface area (Å²) < 4.78 is 0. The number of nitrogen functional groups attached to an aromatic ring is 1. The molecular formula is C24H28N4O2. The highest BCUT2D eigenvalue weighted by atomic mass is 16.2. The second-order valence-corrected chi connectivity index (χ2v) is 8.46. The number of nitrogens with two attached hydrogens (primary N) is 1. The summed E-state index contributed by atoms with van der Waals surface area (Å²) in [5.41, 5.74) is 9.81. The normalized spacial score (nSPS) is 18.3. The zero-order valence-electron chi connectivity index (χ0n) is 17.3. The smallest absolute Gasteiger partial charge is 0.253 e. The topological polar surface area (TPSA) is 90.5 Å². The first kappa shape index (κ1) is 20.1. The highest BCUT2D eigenvalue weighted by Gasteiger charge is 2.36. The molecule has 0 aromatic heterocycles. The number of hydrogen-bond donors (Lipinski definition) is 2. The molecular weight excluding hydrogens is 376 g/mol. The molecule has 30 heavy (non-hydrogen) atoms. The third kappa shape index (κ3) is 4.22. The van der Waals surface area contributed by atoms with Crippen molar-refractivity contribution in [1.82, 2.24) is 9.80 Å². The predicted molar refractivity (Wildman–Crippen MR) is 119 cm³/mol. The van der Waals surface area contributed by atoms with Gasteiger partial charge in [0, 0.05) is 55.6 Å². The van der Waals surface area contributed by atoms with Crippen LogP contribution in [0.4, 0.5) is 5.69 Å². The average molecular weight is 405 g/mol. The van der Waals surface area contributed by atoms with E-state index in [0.717, 1.165) is 43.5 Å². The Morgan fingerprint density at radius 3 is 2.47 bits per heavy atom. The molecule has 1 aliphatic heterocycles. The van der Waals surface area contributed by atoms with Crippen LogP contribution in [0.1, 0.15) is 35.2 Å². The summed E-state index contributed by atoms with van der Waals surface area (Å²) in [6.45, 7) is 2.24. The molecule has 0 radical (unpaired) electrons. The number of anilines is 1. The van der Waals surface area contributed by atoms with Gasteiger partial charge >= 0.3 is 0 Å². The molecule has 1 heterocycles. The molecule has 6 heteroatoms. The minimum Gasteiger partial charge on any atom is -0.398 e. The van der Waals surface area contributed by atoms with Gasteiger partial charge in [0.25, 0.3) is 5.91 Å². The Kier molecular flexibility index (Phi) is 5.57. The van der Waals surface area contributed by atoms with Gasteiger partial charge in [0.1, 0.15) is 0 Å². The lowest BCUT2D eigenvalue weighted by atomic mass is 10.0. The van der Waals surface area contributed by atoms with Gasteiger partial charge in [0.2, 0.25) is 5.91 Å². The van der Waals surface area contributed by atoms with Gasteiger partial charge in [0.15, 0.2) is 0 Å². The van der Waals surface area contributed by atoms with E-state index in [2.05, 4.69) is 0 Å². The molecule has 4 rings (SSSR count). The summed E-state index contributed by atoms with van der Waals surface area (Å²) in [7, 11) is 1.83. The summed E-state index contributed by atoms with van der Waals surface area (Å²) in [5, 5.41) is 7.34. The van der Waals surface area contributed by atoms with Crippen molar-refractivity contribution in [3.63, 3.8) is 0 Å². The second kappa shape index (κ2) is 8.30. The fraction of sp³-hybridized carbons (Fsp3) is 0.375. The van der Waals surface area contributed by atoms with Gasteiger partial charge in [-0.3, -0.25) is 9.59 Å². The average Bonchev–Trinajstić information content (AvgIpc) is 3.51. The Labute approximate surface area is 177 Å². The van der Waals surface area contributed by atoms with Gasteiger partial charge in [-0.2, -0.15) is 0 Å². The first-order valence-electron chi connectivity index (χ1n) is 10.5. The zero-order chi connectivity index (χ0) is 21.3. The number of rotatable bonds is 6. The Morgan fingerprint density at radius 1 is 1.13 bits per heavy atom. The fourth-order valence-corrected chi connectivity index (χ4v) is 4.15. The maximum absolute atomic E-state index is 12.9. The van der Waals surface area contributed by atoms with E-state index in [-0.39, 0.29) is 11.8 Å². The molecule has 2 aliphatic rings. The maximum Gasteiger partial charge on any atom is 0.253 e. The number of hydrogen-bond acceptors (Lipinski definition) is 4. The first-order valence-corrected chi connectivity index (χ1v) is 10.5. The van der Waals surface area contributed by atoms with Crippen LogP contribution in [0.5, 0.6) is 0 Å². The number of nitrogens with zero attached hydrogens (tertiary/aromatic N) is 2. The van der Waals surface area contributed by atoms with Crippen LogP contribution < -0.4 is 5.73 Å². The highest BCUT2D eigenvalue weighted by molar-refractivity contribution is 5.94. The van der Waals surface area contributed by atoms with Crippen LogP contribution >= 0.6 is 0 Å². The van der Waals surface area contributed by atoms with Crippen molar-refractivity contribution in [2.24, 2.45) is 11.8 Å². The van der Waals surface area contributed by atoms with Gasteiger partial charge in [0.05, 0.1) is 0 Å². The summed E-state index contributed by atoms with van der Waals surface area (Å²) in [5.74, 6) is 0.901. The Morgan fingerprint density at radius 2 is 1.83 bits per heavy atom. The van der Waals surface area contributed by atoms with E-state index in [1.807, 2.05) is 54.4 Å². The largest absolute Gasteiger partial charge is 0.398 e. The number of likely N-dealkylation sites (tertiary alicyclic amines) is 1. The molecule has 3 N–H and O–H groups in total. The minimum atomic E-state index is -0.00723. The van der Waals surface area contributed by atoms with Gasteiger partial charge in [-0.15, -0.1) is 0 Å². The molecule has 6 nitrogen and oxygen atoms in total. The van der Waals surface area contributed by atoms with Crippen LogP contribution in [-0.4, -0.2) is 54.5 Å². The highest BCUT2D eigenvalue weighted by Crippen LogP contribution is 2.33. The Balaban J connectivity index is 1.36. The molecule has 2 aromatic carbocycles. The fourth-order valence-electron chi connectivity index (χ4n) is 4.15. The summed E-state index contributed by atoms with van der Waals surface area (Å²) in [6.07, 6.45) is 4.27. The van der Waals surface area contributed by atoms with Crippen molar-refractivity contribution in [2.45, 2.75) is 19.3 Å². The van der Waals surface area contributed by atoms with Gasteiger partial charge in [-0.05, 0) is 54.5 Å². The van der Waals surface area contributed by atoms with Crippen LogP contribution in [0.2, 0.25) is 0 Å². The Bertz CT molecular complexity index is 966. The lowest BCUT2D eigenvalue weighted by Crippen LogP contribution is -2.34. The van der Waals surface area contributed by atoms with Crippen LogP contribution in [0.3, 0.4) is 0 Å². The molecule has 2 amide bonds. The van der Waals surface area contributed by atoms with Crippen molar-refractivity contribution < 1.29 is 9.59 Å². The molecule has 0 bridgehead atoms. The van der Waals surface area contributed by atoms with E-state index < -0.39 is 0 Å². The van der Waals surface area contributed by atoms with Crippen LogP contribution in [-0.2, 0) is 4.79 Å². The summed E-state index contributed by atoms with van der Waals surface area (Å²) in [4.78, 5) is 28.8. The predicted octanol–water partition coefficient (Wildman–Crippen LogP) is 3.26. The molecule has 2 fully saturated rings. The molecule has 1 atom stereocenters. The van der Waals surface area contributed by atoms with Crippen molar-refractivity contribution in [3.05, 3.63) is 53.6 Å². The standard InChI is InChI=1S/C24H28N4O2/c1-27(14-16-10-11-28(15-16)24(30)19-6-7-19)23(29)18-4-2-17(3-5-18)20-8-9-21(13-25)22(26)12-20/h2-5,8-9,12-13,16,19,25H,6-7,10-11,14-15,26H2,1H3. The van der Waals surface area contributed by atoms with Gasteiger partial charge in [-0.1, -0.05) is 24.3 Å². The van der Waals surface area contributed by atoms with E-state index >= 15 is 0 Å². The summed E-state index contributed by atoms with van der Waals surface area (Å²) in [6, 6.07) is 13.1. The van der Waals surface area contributed by atoms with Crippen molar-refractivity contribution in [1.29, 1.82) is 5.41 Å². The van der Waals surface area contributed by atoms with E-state index in [4.69, 9.17) is 11.1 Å². The zero-order valence-corrected chi connectivity index (χ0v) is 17.3. The van der Waals surface area contributed by atoms with Crippen molar-refractivity contribution >= 4 is 23.7 Å². The SMILES string of the molecule is CN(CC1CCN(C(=O)C2CC2)C1)C(=O)c1ccc(-c2ccc(C=N)c(N)c2)cc1. The molecule has 2 aromatic rings. The van der Waals surface area contributed by atoms with Crippen LogP contribution in [0.25, 0.3) is 11.1 Å². The molecule has 1 aliphatic carbocycles. The third-order valence-corrected chi connectivity index (χ3v) is 6.11. The first-order chi connectivity index (χ1) is 14.5. The van der Waals surface area contributed by atoms with Gasteiger partial charge in [-0.25, -0.2) is 0 Å².